The normalized spacial score (nSPS) is 13.4. The van der Waals surface area contributed by atoms with Crippen LogP contribution in [0.3, 0.4) is 0 Å². The summed E-state index contributed by atoms with van der Waals surface area (Å²) in [5.74, 6) is 1.78. The van der Waals surface area contributed by atoms with E-state index in [1.165, 1.54) is 106 Å². The quantitative estimate of drug-likeness (QED) is 0.160. The molecule has 0 N–H and O–H groups in total. The van der Waals surface area contributed by atoms with Crippen LogP contribution in [0.25, 0.3) is 22.3 Å². The Kier molecular flexibility index (Phi) is 9.66. The summed E-state index contributed by atoms with van der Waals surface area (Å²) >= 11 is 0. The predicted molar refractivity (Wildman–Crippen MR) is 310 cm³/mol. The number of fused-ring (bicyclic) bond motifs is 8. The van der Waals surface area contributed by atoms with E-state index < -0.39 is 0 Å². The van der Waals surface area contributed by atoms with Crippen LogP contribution in [-0.4, -0.2) is 13.4 Å². The molecule has 0 saturated heterocycles. The molecule has 4 aliphatic heterocycles. The van der Waals surface area contributed by atoms with Gasteiger partial charge in [0.15, 0.2) is 0 Å². The molecule has 0 aliphatic carbocycles. The highest BCUT2D eigenvalue weighted by Crippen LogP contribution is 2.49. The fourth-order valence-electron chi connectivity index (χ4n) is 12.2. The Morgan fingerprint density at radius 3 is 1.07 bits per heavy atom. The van der Waals surface area contributed by atoms with Crippen LogP contribution < -0.4 is 52.2 Å². The van der Waals surface area contributed by atoms with E-state index in [0.717, 1.165) is 51.1 Å². The minimum absolute atomic E-state index is 0.0786. The van der Waals surface area contributed by atoms with Gasteiger partial charge in [0.2, 0.25) is 0 Å². The average molecular weight is 938 g/mol. The van der Waals surface area contributed by atoms with E-state index in [-0.39, 0.29) is 13.4 Å². The second-order valence-corrected chi connectivity index (χ2v) is 21.1. The highest BCUT2D eigenvalue weighted by molar-refractivity contribution is 7.02. The van der Waals surface area contributed by atoms with Gasteiger partial charge in [-0.05, 0) is 176 Å². The minimum atomic E-state index is -0.0926. The van der Waals surface area contributed by atoms with Gasteiger partial charge in [-0.1, -0.05) is 154 Å². The zero-order valence-electron chi connectivity index (χ0n) is 42.4. The molecule has 4 aliphatic rings. The van der Waals surface area contributed by atoms with Crippen LogP contribution in [0.2, 0.25) is 0 Å². The molecule has 4 nitrogen and oxygen atoms in total. The van der Waals surface area contributed by atoms with Gasteiger partial charge in [-0.25, -0.2) is 0 Å². The van der Waals surface area contributed by atoms with E-state index >= 15 is 0 Å². The summed E-state index contributed by atoms with van der Waals surface area (Å²) < 4.78 is 7.54. The van der Waals surface area contributed by atoms with Crippen molar-refractivity contribution in [2.24, 2.45) is 0 Å². The topological polar surface area (TPSA) is 19.0 Å². The lowest BCUT2D eigenvalue weighted by Crippen LogP contribution is -2.64. The molecule has 10 aromatic rings. The van der Waals surface area contributed by atoms with Crippen LogP contribution in [-0.2, 0) is 0 Å². The summed E-state index contributed by atoms with van der Waals surface area (Å²) in [5.41, 5.74) is 31.2. The molecule has 348 valence electrons. The molecule has 6 heteroatoms. The molecule has 0 saturated carbocycles. The maximum atomic E-state index is 7.54. The van der Waals surface area contributed by atoms with Crippen LogP contribution in [0.5, 0.6) is 11.5 Å². The molecule has 0 aromatic heterocycles. The largest absolute Gasteiger partial charge is 0.458 e. The van der Waals surface area contributed by atoms with E-state index in [2.05, 4.69) is 257 Å². The Labute approximate surface area is 430 Å². The second kappa shape index (κ2) is 16.3. The smallest absolute Gasteiger partial charge is 0.256 e. The number of anilines is 9. The molecule has 0 bridgehead atoms. The number of hydrogen-bond acceptors (Lipinski definition) is 4. The Hall–Kier alpha value is -8.47. The predicted octanol–water partition coefficient (Wildman–Crippen LogP) is 13.7. The molecular formula is C67H53B2N3O. The van der Waals surface area contributed by atoms with Crippen molar-refractivity contribution in [3.05, 3.63) is 233 Å². The first-order valence-corrected chi connectivity index (χ1v) is 25.7. The van der Waals surface area contributed by atoms with Gasteiger partial charge in [0.05, 0.1) is 0 Å². The Balaban J connectivity index is 1.08. The van der Waals surface area contributed by atoms with Crippen molar-refractivity contribution in [3.63, 3.8) is 0 Å². The number of rotatable bonds is 5. The Morgan fingerprint density at radius 2 is 0.616 bits per heavy atom. The number of benzene rings is 10. The lowest BCUT2D eigenvalue weighted by atomic mass is 9.30. The maximum absolute atomic E-state index is 7.54. The summed E-state index contributed by atoms with van der Waals surface area (Å²) in [6.07, 6.45) is 0. The molecule has 0 atom stereocenters. The van der Waals surface area contributed by atoms with Crippen molar-refractivity contribution in [2.75, 3.05) is 14.7 Å². The molecule has 0 fully saturated rings. The Morgan fingerprint density at radius 1 is 0.260 bits per heavy atom. The lowest BCUT2D eigenvalue weighted by Gasteiger charge is -2.45. The van der Waals surface area contributed by atoms with Crippen molar-refractivity contribution in [1.29, 1.82) is 0 Å². The fourth-order valence-corrected chi connectivity index (χ4v) is 12.2. The molecule has 4 heterocycles. The van der Waals surface area contributed by atoms with Gasteiger partial charge in [-0.15, -0.1) is 0 Å². The first-order chi connectivity index (χ1) is 35.5. The van der Waals surface area contributed by atoms with Crippen LogP contribution in [0.1, 0.15) is 38.9 Å². The van der Waals surface area contributed by atoms with Gasteiger partial charge in [-0.3, -0.25) is 0 Å². The third-order valence-electron chi connectivity index (χ3n) is 15.9. The highest BCUT2D eigenvalue weighted by atomic mass is 16.5. The minimum Gasteiger partial charge on any atom is -0.458 e. The summed E-state index contributed by atoms with van der Waals surface area (Å²) in [5, 5.41) is 0. The van der Waals surface area contributed by atoms with Gasteiger partial charge in [0, 0.05) is 57.3 Å². The maximum Gasteiger partial charge on any atom is 0.256 e. The van der Waals surface area contributed by atoms with Crippen molar-refractivity contribution in [1.82, 2.24) is 0 Å². The van der Waals surface area contributed by atoms with Gasteiger partial charge in [0.25, 0.3) is 13.4 Å². The molecule has 0 radical (unpaired) electrons. The van der Waals surface area contributed by atoms with Gasteiger partial charge < -0.3 is 19.4 Å². The summed E-state index contributed by atoms with van der Waals surface area (Å²) in [6, 6.07) is 73.6. The summed E-state index contributed by atoms with van der Waals surface area (Å²) in [7, 11) is 0. The summed E-state index contributed by atoms with van der Waals surface area (Å²) in [4.78, 5) is 7.53. The molecule has 0 amide bonds. The van der Waals surface area contributed by atoms with Gasteiger partial charge >= 0.3 is 0 Å². The third kappa shape index (κ3) is 6.84. The van der Waals surface area contributed by atoms with Gasteiger partial charge in [0.1, 0.15) is 11.5 Å². The van der Waals surface area contributed by atoms with E-state index in [1.807, 2.05) is 0 Å². The number of ether oxygens (including phenoxy) is 1. The first-order valence-electron chi connectivity index (χ1n) is 25.7. The fraction of sp³-hybridized carbons (Fsp3) is 0.104. The average Bonchev–Trinajstić information content (AvgIpc) is 3.40. The van der Waals surface area contributed by atoms with Crippen molar-refractivity contribution in [3.8, 4) is 33.8 Å². The molecule has 10 aromatic carbocycles. The molecular weight excluding hydrogens is 884 g/mol. The van der Waals surface area contributed by atoms with E-state index in [0.29, 0.717) is 0 Å². The monoisotopic (exact) mass is 937 g/mol. The second-order valence-electron chi connectivity index (χ2n) is 21.1. The third-order valence-corrected chi connectivity index (χ3v) is 15.9. The Bertz CT molecular complexity index is 3900. The van der Waals surface area contributed by atoms with Crippen LogP contribution in [0.15, 0.2) is 194 Å². The number of nitrogens with zero attached hydrogens (tertiary/aromatic N) is 3. The SMILES string of the molecule is Cc1ccc(-c2cc3c4c(c2)N(c2ccc(C)cc2)c2ccc(C)cc2B4c2cc4c(cc2O3)N(c2ccc(C)cc2)c2cc(-c3ccc(C)cc3)cc3c2B4c2cc(C)ccc2N3c2ccc(C)cc2)cc1. The van der Waals surface area contributed by atoms with Crippen LogP contribution in [0.4, 0.5) is 51.2 Å². The highest BCUT2D eigenvalue weighted by Gasteiger charge is 2.48. The zero-order valence-corrected chi connectivity index (χ0v) is 42.4. The van der Waals surface area contributed by atoms with E-state index in [9.17, 15) is 0 Å². The molecule has 0 spiro atoms. The van der Waals surface area contributed by atoms with Crippen molar-refractivity contribution >= 4 is 97.4 Å². The number of aryl methyl sites for hydroxylation is 7. The van der Waals surface area contributed by atoms with Crippen molar-refractivity contribution in [2.45, 2.75) is 48.5 Å². The molecule has 14 rings (SSSR count). The molecule has 73 heavy (non-hydrogen) atoms. The zero-order chi connectivity index (χ0) is 49.4. The van der Waals surface area contributed by atoms with Crippen LogP contribution >= 0.6 is 0 Å². The van der Waals surface area contributed by atoms with E-state index in [1.54, 1.807) is 0 Å². The van der Waals surface area contributed by atoms with Crippen molar-refractivity contribution < 1.29 is 4.74 Å². The molecule has 0 unspecified atom stereocenters. The lowest BCUT2D eigenvalue weighted by molar-refractivity contribution is 0.488. The summed E-state index contributed by atoms with van der Waals surface area (Å²) in [6.45, 7) is 15.1. The van der Waals surface area contributed by atoms with E-state index in [4.69, 9.17) is 4.74 Å². The van der Waals surface area contributed by atoms with Crippen LogP contribution in [0, 0.1) is 48.5 Å². The van der Waals surface area contributed by atoms with Gasteiger partial charge in [-0.2, -0.15) is 0 Å². The first kappa shape index (κ1) is 43.3. The standard InChI is InChI=1S/C67H53B2N3O/c1-40-8-20-47(21-9-40)49-34-61-66-62(35-49)72(53-28-16-44(5)17-29-53)60-39-64-57(38-56(60)68(66)54-32-45(6)18-30-58(54)70(61)51-24-12-42(3)13-25-51)69-55-33-46(7)19-31-59(55)71(52-26-14-43(4)15-27-52)63-36-50(37-65(73-64)67(63)69)48-22-10-41(2)11-23-48/h8-39H,1-7H3. The number of hydrogen-bond donors (Lipinski definition) is 0.